The number of ether oxygens (including phenoxy) is 1. The quantitative estimate of drug-likeness (QED) is 0.813. The molecule has 1 fully saturated rings. The van der Waals surface area contributed by atoms with Gasteiger partial charge in [-0.05, 0) is 36.8 Å². The van der Waals surface area contributed by atoms with Gasteiger partial charge in [-0.3, -0.25) is 9.59 Å². The molecule has 6 heteroatoms. The van der Waals surface area contributed by atoms with E-state index in [0.717, 1.165) is 5.75 Å². The number of carbonyl (C=O) groups excluding carboxylic acids is 2. The van der Waals surface area contributed by atoms with E-state index in [2.05, 4.69) is 0 Å². The number of benzene rings is 2. The Kier molecular flexibility index (Phi) is 6.41. The average Bonchev–Trinajstić information content (AvgIpc) is 2.94. The fourth-order valence-electron chi connectivity index (χ4n) is 3.11. The van der Waals surface area contributed by atoms with Gasteiger partial charge >= 0.3 is 0 Å². The monoisotopic (exact) mass is 370 g/mol. The van der Waals surface area contributed by atoms with Crippen LogP contribution in [0.5, 0.6) is 5.75 Å². The van der Waals surface area contributed by atoms with Crippen LogP contribution >= 0.6 is 0 Å². The van der Waals surface area contributed by atoms with Gasteiger partial charge in [-0.15, -0.1) is 0 Å². The Morgan fingerprint density at radius 3 is 2.44 bits per heavy atom. The second-order valence-corrected chi connectivity index (χ2v) is 6.45. The SMILES string of the molecule is O=C(CCOc1ccccc1)N1CCCN(C(=O)c2cccc(F)c2)CC1. The van der Waals surface area contributed by atoms with Crippen LogP contribution in [0.2, 0.25) is 0 Å². The molecule has 0 aliphatic carbocycles. The van der Waals surface area contributed by atoms with Crippen molar-refractivity contribution in [1.82, 2.24) is 9.80 Å². The number of halogens is 1. The average molecular weight is 370 g/mol. The van der Waals surface area contributed by atoms with Crippen molar-refractivity contribution >= 4 is 11.8 Å². The number of nitrogens with zero attached hydrogens (tertiary/aromatic N) is 2. The zero-order valence-corrected chi connectivity index (χ0v) is 15.1. The van der Waals surface area contributed by atoms with E-state index in [9.17, 15) is 14.0 Å². The maximum atomic E-state index is 13.3. The van der Waals surface area contributed by atoms with Crippen molar-refractivity contribution in [3.63, 3.8) is 0 Å². The molecule has 0 bridgehead atoms. The molecule has 2 aromatic carbocycles. The third kappa shape index (κ3) is 5.29. The predicted octanol–water partition coefficient (Wildman–Crippen LogP) is 2.97. The topological polar surface area (TPSA) is 49.9 Å². The summed E-state index contributed by atoms with van der Waals surface area (Å²) < 4.78 is 18.9. The normalized spacial score (nSPS) is 14.6. The van der Waals surface area contributed by atoms with E-state index in [1.807, 2.05) is 30.3 Å². The molecule has 0 spiro atoms. The standard InChI is InChI=1S/C21H23FN2O3/c22-18-7-4-6-17(16-18)21(26)24-12-5-11-23(13-14-24)20(25)10-15-27-19-8-2-1-3-9-19/h1-4,6-9,16H,5,10-15H2. The molecule has 1 heterocycles. The lowest BCUT2D eigenvalue weighted by atomic mass is 10.2. The number of para-hydroxylation sites is 1. The molecule has 1 aliphatic heterocycles. The van der Waals surface area contributed by atoms with Gasteiger partial charge in [0.05, 0.1) is 13.0 Å². The van der Waals surface area contributed by atoms with Crippen LogP contribution in [-0.2, 0) is 4.79 Å². The Balaban J connectivity index is 1.48. The molecule has 142 valence electrons. The summed E-state index contributed by atoms with van der Waals surface area (Å²) in [5.74, 6) is 0.140. The van der Waals surface area contributed by atoms with Crippen LogP contribution in [0.4, 0.5) is 4.39 Å². The second-order valence-electron chi connectivity index (χ2n) is 6.45. The molecule has 0 unspecified atom stereocenters. The van der Waals surface area contributed by atoms with Crippen molar-refractivity contribution in [3.8, 4) is 5.75 Å². The fraction of sp³-hybridized carbons (Fsp3) is 0.333. The van der Waals surface area contributed by atoms with Gasteiger partial charge in [-0.25, -0.2) is 4.39 Å². The Morgan fingerprint density at radius 2 is 1.67 bits per heavy atom. The van der Waals surface area contributed by atoms with Crippen LogP contribution < -0.4 is 4.74 Å². The lowest BCUT2D eigenvalue weighted by molar-refractivity contribution is -0.131. The van der Waals surface area contributed by atoms with Gasteiger partial charge in [0.1, 0.15) is 11.6 Å². The lowest BCUT2D eigenvalue weighted by Crippen LogP contribution is -2.37. The Bertz CT molecular complexity index is 782. The zero-order valence-electron chi connectivity index (χ0n) is 15.1. The Morgan fingerprint density at radius 1 is 0.926 bits per heavy atom. The number of hydrogen-bond acceptors (Lipinski definition) is 3. The van der Waals surface area contributed by atoms with Crippen LogP contribution in [0.3, 0.4) is 0 Å². The highest BCUT2D eigenvalue weighted by Crippen LogP contribution is 2.12. The van der Waals surface area contributed by atoms with Crippen molar-refractivity contribution in [2.45, 2.75) is 12.8 Å². The van der Waals surface area contributed by atoms with Crippen molar-refractivity contribution in [2.24, 2.45) is 0 Å². The van der Waals surface area contributed by atoms with Crippen molar-refractivity contribution in [3.05, 3.63) is 66.0 Å². The first-order valence-electron chi connectivity index (χ1n) is 9.14. The minimum atomic E-state index is -0.425. The van der Waals surface area contributed by atoms with Crippen LogP contribution in [0.25, 0.3) is 0 Å². The molecule has 1 saturated heterocycles. The Labute approximate surface area is 158 Å². The van der Waals surface area contributed by atoms with Gasteiger partial charge in [-0.2, -0.15) is 0 Å². The maximum absolute atomic E-state index is 13.3. The molecule has 0 aromatic heterocycles. The van der Waals surface area contributed by atoms with Crippen LogP contribution in [0.15, 0.2) is 54.6 Å². The first kappa shape index (κ1) is 18.9. The molecule has 3 rings (SSSR count). The third-order valence-electron chi connectivity index (χ3n) is 4.54. The number of amides is 2. The summed E-state index contributed by atoms with van der Waals surface area (Å²) >= 11 is 0. The number of carbonyl (C=O) groups is 2. The number of rotatable bonds is 5. The van der Waals surface area contributed by atoms with Gasteiger partial charge < -0.3 is 14.5 Å². The van der Waals surface area contributed by atoms with Gasteiger partial charge in [0.15, 0.2) is 0 Å². The highest BCUT2D eigenvalue weighted by Gasteiger charge is 2.23. The fourth-order valence-corrected chi connectivity index (χ4v) is 3.11. The van der Waals surface area contributed by atoms with E-state index in [0.29, 0.717) is 51.2 Å². The highest BCUT2D eigenvalue weighted by atomic mass is 19.1. The van der Waals surface area contributed by atoms with E-state index < -0.39 is 5.82 Å². The molecule has 2 amide bonds. The van der Waals surface area contributed by atoms with Gasteiger partial charge in [0.25, 0.3) is 5.91 Å². The van der Waals surface area contributed by atoms with Crippen molar-refractivity contribution in [1.29, 1.82) is 0 Å². The van der Waals surface area contributed by atoms with Gasteiger partial charge in [0, 0.05) is 31.7 Å². The first-order valence-corrected chi connectivity index (χ1v) is 9.14. The molecular formula is C21H23FN2O3. The molecule has 1 aliphatic rings. The third-order valence-corrected chi connectivity index (χ3v) is 4.54. The molecule has 5 nitrogen and oxygen atoms in total. The summed E-state index contributed by atoms with van der Waals surface area (Å²) in [5.41, 5.74) is 0.339. The summed E-state index contributed by atoms with van der Waals surface area (Å²) in [6.45, 7) is 2.41. The van der Waals surface area contributed by atoms with Crippen molar-refractivity contribution < 1.29 is 18.7 Å². The van der Waals surface area contributed by atoms with E-state index in [4.69, 9.17) is 4.74 Å². The van der Waals surface area contributed by atoms with Crippen LogP contribution in [0.1, 0.15) is 23.2 Å². The summed E-state index contributed by atoms with van der Waals surface area (Å²) in [4.78, 5) is 28.4. The maximum Gasteiger partial charge on any atom is 0.254 e. The molecule has 0 radical (unpaired) electrons. The summed E-state index contributed by atoms with van der Waals surface area (Å²) in [7, 11) is 0. The summed E-state index contributed by atoms with van der Waals surface area (Å²) in [6, 6.07) is 15.1. The molecule has 0 N–H and O–H groups in total. The molecule has 2 aromatic rings. The predicted molar refractivity (Wildman–Crippen MR) is 100 cm³/mol. The van der Waals surface area contributed by atoms with Crippen LogP contribution in [0, 0.1) is 5.82 Å². The molecule has 27 heavy (non-hydrogen) atoms. The van der Waals surface area contributed by atoms with Gasteiger partial charge in [0.2, 0.25) is 5.91 Å². The Hall–Kier alpha value is -2.89. The number of hydrogen-bond donors (Lipinski definition) is 0. The zero-order chi connectivity index (χ0) is 19.1. The summed E-state index contributed by atoms with van der Waals surface area (Å²) in [6.07, 6.45) is 0.999. The lowest BCUT2D eigenvalue weighted by Gasteiger charge is -2.22. The van der Waals surface area contributed by atoms with E-state index in [-0.39, 0.29) is 11.8 Å². The first-order chi connectivity index (χ1) is 13.1. The van der Waals surface area contributed by atoms with Crippen LogP contribution in [-0.4, -0.2) is 54.4 Å². The molecular weight excluding hydrogens is 347 g/mol. The summed E-state index contributed by atoms with van der Waals surface area (Å²) in [5, 5.41) is 0. The minimum absolute atomic E-state index is 0.0194. The smallest absolute Gasteiger partial charge is 0.254 e. The largest absolute Gasteiger partial charge is 0.493 e. The van der Waals surface area contributed by atoms with E-state index in [1.54, 1.807) is 15.9 Å². The van der Waals surface area contributed by atoms with Crippen molar-refractivity contribution in [2.75, 3.05) is 32.8 Å². The molecule has 0 saturated carbocycles. The van der Waals surface area contributed by atoms with E-state index >= 15 is 0 Å². The van der Waals surface area contributed by atoms with E-state index in [1.165, 1.54) is 18.2 Å². The highest BCUT2D eigenvalue weighted by molar-refractivity contribution is 5.94. The second kappa shape index (κ2) is 9.16. The molecule has 0 atom stereocenters. The van der Waals surface area contributed by atoms with Gasteiger partial charge in [-0.1, -0.05) is 24.3 Å². The minimum Gasteiger partial charge on any atom is -0.493 e.